The van der Waals surface area contributed by atoms with Gasteiger partial charge in [0.25, 0.3) is 5.91 Å². The highest BCUT2D eigenvalue weighted by Gasteiger charge is 2.51. The second-order valence-electron chi connectivity index (χ2n) is 6.36. The Morgan fingerprint density at radius 2 is 1.87 bits per heavy atom. The number of carboxylic acid groups (broad SMARTS) is 1. The summed E-state index contributed by atoms with van der Waals surface area (Å²) in [5.74, 6) is -0.445. The molecule has 2 N–H and O–H groups in total. The van der Waals surface area contributed by atoms with E-state index in [-0.39, 0.29) is 23.7 Å². The molecule has 2 amide bonds. The summed E-state index contributed by atoms with van der Waals surface area (Å²) >= 11 is 0. The van der Waals surface area contributed by atoms with Crippen LogP contribution in [0, 0.1) is 17.8 Å². The quantitative estimate of drug-likeness (QED) is 0.840. The molecule has 0 unspecified atom stereocenters. The topological polar surface area (TPSA) is 86.7 Å². The van der Waals surface area contributed by atoms with Gasteiger partial charge in [0.05, 0.1) is 12.3 Å². The molecule has 1 heterocycles. The molecule has 2 aliphatic rings. The van der Waals surface area contributed by atoms with Gasteiger partial charge in [0.15, 0.2) is 0 Å². The molecule has 0 spiro atoms. The Balaban J connectivity index is 1.52. The Labute approximate surface area is 134 Å². The van der Waals surface area contributed by atoms with Gasteiger partial charge >= 0.3 is 5.97 Å². The van der Waals surface area contributed by atoms with Gasteiger partial charge in [-0.15, -0.1) is 0 Å². The van der Waals surface area contributed by atoms with Crippen molar-refractivity contribution in [1.82, 2.24) is 10.2 Å². The Kier molecular flexibility index (Phi) is 4.07. The Morgan fingerprint density at radius 3 is 2.39 bits per heavy atom. The lowest BCUT2D eigenvalue weighted by molar-refractivity contribution is -0.139. The fourth-order valence-electron chi connectivity index (χ4n) is 3.19. The van der Waals surface area contributed by atoms with Gasteiger partial charge in [0.2, 0.25) is 5.91 Å². The monoisotopic (exact) mass is 316 g/mol. The number of amides is 2. The number of likely N-dealkylation sites (tertiary alicyclic amines) is 1. The van der Waals surface area contributed by atoms with Crippen molar-refractivity contribution in [3.05, 3.63) is 35.4 Å². The number of nitrogens with one attached hydrogen (secondary N) is 1. The Bertz CT molecular complexity index is 634. The predicted octanol–water partition coefficient (Wildman–Crippen LogP) is 0.768. The molecule has 0 aromatic heterocycles. The molecule has 6 nitrogen and oxygen atoms in total. The van der Waals surface area contributed by atoms with E-state index in [2.05, 4.69) is 5.32 Å². The van der Waals surface area contributed by atoms with E-state index >= 15 is 0 Å². The summed E-state index contributed by atoms with van der Waals surface area (Å²) in [7, 11) is 1.59. The first-order valence-corrected chi connectivity index (χ1v) is 7.81. The minimum atomic E-state index is -0.716. The minimum Gasteiger partial charge on any atom is -0.481 e. The molecule has 1 saturated carbocycles. The van der Waals surface area contributed by atoms with E-state index in [1.807, 2.05) is 0 Å². The standard InChI is InChI=1S/C17H20N2O4/c1-18-15(20)6-10-2-4-11(5-3-10)16(21)19-8-12(9-19)13-7-14(13)17(22)23/h2-5,12-14H,6-9H2,1H3,(H,18,20)(H,22,23)/t13-,14+/m0/s1. The van der Waals surface area contributed by atoms with E-state index in [1.165, 1.54) is 0 Å². The van der Waals surface area contributed by atoms with Crippen molar-refractivity contribution in [1.29, 1.82) is 0 Å². The van der Waals surface area contributed by atoms with Crippen LogP contribution >= 0.6 is 0 Å². The lowest BCUT2D eigenvalue weighted by Gasteiger charge is -2.39. The fraction of sp³-hybridized carbons (Fsp3) is 0.471. The molecule has 1 aliphatic heterocycles. The van der Waals surface area contributed by atoms with Crippen LogP contribution in [-0.2, 0) is 16.0 Å². The van der Waals surface area contributed by atoms with Gasteiger partial charge < -0.3 is 15.3 Å². The van der Waals surface area contributed by atoms with Crippen LogP contribution < -0.4 is 5.32 Å². The number of rotatable bonds is 5. The first kappa shape index (κ1) is 15.5. The normalized spacial score (nSPS) is 23.1. The number of aliphatic carboxylic acids is 1. The summed E-state index contributed by atoms with van der Waals surface area (Å²) in [5.41, 5.74) is 1.47. The van der Waals surface area contributed by atoms with Crippen molar-refractivity contribution in [2.75, 3.05) is 20.1 Å². The summed E-state index contributed by atoms with van der Waals surface area (Å²) in [6.07, 6.45) is 1.05. The Hall–Kier alpha value is -2.37. The van der Waals surface area contributed by atoms with Gasteiger partial charge in [-0.25, -0.2) is 0 Å². The number of likely N-dealkylation sites (N-methyl/N-ethyl adjacent to an activating group) is 1. The first-order chi connectivity index (χ1) is 11.0. The highest BCUT2D eigenvalue weighted by Crippen LogP contribution is 2.47. The van der Waals surface area contributed by atoms with Crippen LogP contribution in [0.1, 0.15) is 22.3 Å². The van der Waals surface area contributed by atoms with Crippen molar-refractivity contribution in [3.63, 3.8) is 0 Å². The van der Waals surface area contributed by atoms with E-state index in [9.17, 15) is 14.4 Å². The van der Waals surface area contributed by atoms with Crippen molar-refractivity contribution in [3.8, 4) is 0 Å². The molecule has 0 bridgehead atoms. The van der Waals surface area contributed by atoms with Gasteiger partial charge in [-0.05, 0) is 36.0 Å². The van der Waals surface area contributed by atoms with Gasteiger partial charge in [-0.1, -0.05) is 12.1 Å². The molecular formula is C17H20N2O4. The number of hydrogen-bond acceptors (Lipinski definition) is 3. The van der Waals surface area contributed by atoms with Gasteiger partial charge in [0.1, 0.15) is 0 Å². The zero-order valence-corrected chi connectivity index (χ0v) is 13.0. The molecule has 1 saturated heterocycles. The molecule has 1 aromatic rings. The number of carboxylic acids is 1. The van der Waals surface area contributed by atoms with Crippen molar-refractivity contribution >= 4 is 17.8 Å². The molecule has 3 rings (SSSR count). The van der Waals surface area contributed by atoms with E-state index in [0.717, 1.165) is 12.0 Å². The summed E-state index contributed by atoms with van der Waals surface area (Å²) in [5, 5.41) is 11.5. The predicted molar refractivity (Wildman–Crippen MR) is 82.8 cm³/mol. The van der Waals surface area contributed by atoms with Gasteiger partial charge in [-0.3, -0.25) is 14.4 Å². The SMILES string of the molecule is CNC(=O)Cc1ccc(C(=O)N2CC([C@@H]3C[C@H]3C(=O)O)C2)cc1. The van der Waals surface area contributed by atoms with Crippen LogP contribution in [0.4, 0.5) is 0 Å². The summed E-state index contributed by atoms with van der Waals surface area (Å²) in [6.45, 7) is 1.29. The molecule has 6 heteroatoms. The second kappa shape index (κ2) is 6.02. The van der Waals surface area contributed by atoms with Crippen LogP contribution in [0.15, 0.2) is 24.3 Å². The third kappa shape index (κ3) is 3.21. The van der Waals surface area contributed by atoms with Crippen LogP contribution in [0.25, 0.3) is 0 Å². The first-order valence-electron chi connectivity index (χ1n) is 7.81. The maximum atomic E-state index is 12.4. The van der Waals surface area contributed by atoms with Crippen molar-refractivity contribution < 1.29 is 19.5 Å². The molecule has 1 aliphatic carbocycles. The van der Waals surface area contributed by atoms with Crippen LogP contribution in [0.3, 0.4) is 0 Å². The average molecular weight is 316 g/mol. The lowest BCUT2D eigenvalue weighted by atomic mass is 9.92. The van der Waals surface area contributed by atoms with E-state index < -0.39 is 5.97 Å². The van der Waals surface area contributed by atoms with E-state index in [1.54, 1.807) is 36.2 Å². The summed E-state index contributed by atoms with van der Waals surface area (Å²) < 4.78 is 0. The molecule has 2 fully saturated rings. The second-order valence-corrected chi connectivity index (χ2v) is 6.36. The summed E-state index contributed by atoms with van der Waals surface area (Å²) in [6, 6.07) is 7.07. The Morgan fingerprint density at radius 1 is 1.22 bits per heavy atom. The van der Waals surface area contributed by atoms with Crippen molar-refractivity contribution in [2.24, 2.45) is 17.8 Å². The van der Waals surface area contributed by atoms with Crippen molar-refractivity contribution in [2.45, 2.75) is 12.8 Å². The molecular weight excluding hydrogens is 296 g/mol. The van der Waals surface area contributed by atoms with Crippen LogP contribution in [0.5, 0.6) is 0 Å². The van der Waals surface area contributed by atoms with Gasteiger partial charge in [-0.2, -0.15) is 0 Å². The molecule has 2 atom stereocenters. The van der Waals surface area contributed by atoms with E-state index in [0.29, 0.717) is 31.0 Å². The number of hydrogen-bond donors (Lipinski definition) is 2. The third-order valence-electron chi connectivity index (χ3n) is 4.80. The average Bonchev–Trinajstić information content (AvgIpc) is 3.26. The zero-order chi connectivity index (χ0) is 16.6. The van der Waals surface area contributed by atoms with Crippen LogP contribution in [0.2, 0.25) is 0 Å². The molecule has 122 valence electrons. The zero-order valence-electron chi connectivity index (χ0n) is 13.0. The number of benzene rings is 1. The highest BCUT2D eigenvalue weighted by molar-refractivity contribution is 5.95. The summed E-state index contributed by atoms with van der Waals surface area (Å²) in [4.78, 5) is 36.3. The van der Waals surface area contributed by atoms with Crippen LogP contribution in [-0.4, -0.2) is 47.9 Å². The number of carbonyl (C=O) groups is 3. The third-order valence-corrected chi connectivity index (χ3v) is 4.80. The largest absolute Gasteiger partial charge is 0.481 e. The number of nitrogens with zero attached hydrogens (tertiary/aromatic N) is 1. The maximum Gasteiger partial charge on any atom is 0.306 e. The molecule has 1 aromatic carbocycles. The highest BCUT2D eigenvalue weighted by atomic mass is 16.4. The fourth-order valence-corrected chi connectivity index (χ4v) is 3.19. The lowest BCUT2D eigenvalue weighted by Crippen LogP contribution is -2.51. The minimum absolute atomic E-state index is 0.0275. The molecule has 23 heavy (non-hydrogen) atoms. The maximum absolute atomic E-state index is 12.4. The molecule has 0 radical (unpaired) electrons. The van der Waals surface area contributed by atoms with Gasteiger partial charge in [0, 0.05) is 25.7 Å². The smallest absolute Gasteiger partial charge is 0.306 e. The van der Waals surface area contributed by atoms with E-state index in [4.69, 9.17) is 5.11 Å². The number of carbonyl (C=O) groups excluding carboxylic acids is 2.